The highest BCUT2D eigenvalue weighted by molar-refractivity contribution is 5.97. The summed E-state index contributed by atoms with van der Waals surface area (Å²) in [4.78, 5) is 12.0. The first-order chi connectivity index (χ1) is 10.2. The van der Waals surface area contributed by atoms with Crippen LogP contribution in [0.4, 0.5) is 0 Å². The Kier molecular flexibility index (Phi) is 5.09. The van der Waals surface area contributed by atoms with Gasteiger partial charge in [-0.25, -0.2) is 4.79 Å². The zero-order chi connectivity index (χ0) is 15.2. The molecule has 0 N–H and O–H groups in total. The van der Waals surface area contributed by atoms with Crippen LogP contribution in [0.2, 0.25) is 0 Å². The molecule has 0 amide bonds. The Morgan fingerprint density at radius 3 is 2.71 bits per heavy atom. The number of benzene rings is 1. The maximum atomic E-state index is 12.0. The van der Waals surface area contributed by atoms with Crippen molar-refractivity contribution in [3.63, 3.8) is 0 Å². The predicted molar refractivity (Wildman–Crippen MR) is 80.5 cm³/mol. The molecular weight excluding hydrogens is 268 g/mol. The fourth-order valence-electron chi connectivity index (χ4n) is 2.15. The van der Waals surface area contributed by atoms with Gasteiger partial charge in [-0.05, 0) is 32.4 Å². The summed E-state index contributed by atoms with van der Waals surface area (Å²) in [6.07, 6.45) is 1.90. The van der Waals surface area contributed by atoms with E-state index >= 15 is 0 Å². The van der Waals surface area contributed by atoms with Gasteiger partial charge >= 0.3 is 5.97 Å². The predicted octanol–water partition coefficient (Wildman–Crippen LogP) is 3.37. The van der Waals surface area contributed by atoms with Crippen LogP contribution in [0.25, 0.3) is 10.9 Å². The van der Waals surface area contributed by atoms with E-state index in [2.05, 4.69) is 17.1 Å². The van der Waals surface area contributed by atoms with Crippen molar-refractivity contribution in [2.75, 3.05) is 6.61 Å². The molecule has 0 aliphatic carbocycles. The maximum Gasteiger partial charge on any atom is 0.362 e. The van der Waals surface area contributed by atoms with Crippen LogP contribution in [0, 0.1) is 0 Å². The number of carbonyl (C=O) groups is 1. The van der Waals surface area contributed by atoms with E-state index in [0.717, 1.165) is 18.2 Å². The molecule has 1 atom stereocenters. The molecule has 0 radical (unpaired) electrons. The highest BCUT2D eigenvalue weighted by Gasteiger charge is 2.21. The fourth-order valence-corrected chi connectivity index (χ4v) is 2.15. The number of esters is 1. The Balaban J connectivity index is 2.49. The van der Waals surface area contributed by atoms with Gasteiger partial charge < -0.3 is 9.47 Å². The van der Waals surface area contributed by atoms with E-state index in [0.29, 0.717) is 11.3 Å². The SMILES string of the molecule is CCCC(C)Oc1c(C(=O)OCC)nnc2ccccc12. The summed E-state index contributed by atoms with van der Waals surface area (Å²) in [6.45, 7) is 6.12. The molecule has 0 fully saturated rings. The molecule has 2 rings (SSSR count). The van der Waals surface area contributed by atoms with Crippen molar-refractivity contribution in [1.29, 1.82) is 0 Å². The second-order valence-corrected chi connectivity index (χ2v) is 4.83. The minimum Gasteiger partial charge on any atom is -0.487 e. The lowest BCUT2D eigenvalue weighted by atomic mass is 10.1. The molecule has 1 unspecified atom stereocenters. The molecule has 21 heavy (non-hydrogen) atoms. The van der Waals surface area contributed by atoms with E-state index in [-0.39, 0.29) is 18.4 Å². The van der Waals surface area contributed by atoms with Gasteiger partial charge in [-0.3, -0.25) is 0 Å². The van der Waals surface area contributed by atoms with Crippen molar-refractivity contribution in [2.45, 2.75) is 39.7 Å². The molecule has 2 aromatic rings. The van der Waals surface area contributed by atoms with Crippen LogP contribution in [0.5, 0.6) is 5.75 Å². The van der Waals surface area contributed by atoms with Crippen LogP contribution in [-0.2, 0) is 4.74 Å². The number of nitrogens with zero attached hydrogens (tertiary/aromatic N) is 2. The lowest BCUT2D eigenvalue weighted by molar-refractivity contribution is 0.0510. The van der Waals surface area contributed by atoms with Crippen molar-refractivity contribution in [3.05, 3.63) is 30.0 Å². The molecule has 1 aromatic heterocycles. The first-order valence-corrected chi connectivity index (χ1v) is 7.26. The van der Waals surface area contributed by atoms with Crippen LogP contribution >= 0.6 is 0 Å². The normalized spacial score (nSPS) is 12.1. The number of ether oxygens (including phenoxy) is 2. The third-order valence-corrected chi connectivity index (χ3v) is 3.10. The van der Waals surface area contributed by atoms with E-state index in [1.807, 2.05) is 31.2 Å². The van der Waals surface area contributed by atoms with Crippen molar-refractivity contribution < 1.29 is 14.3 Å². The van der Waals surface area contributed by atoms with Crippen molar-refractivity contribution >= 4 is 16.9 Å². The topological polar surface area (TPSA) is 61.3 Å². The van der Waals surface area contributed by atoms with Gasteiger partial charge in [0.25, 0.3) is 0 Å². The van der Waals surface area contributed by atoms with E-state index in [1.54, 1.807) is 6.92 Å². The van der Waals surface area contributed by atoms with Gasteiger partial charge in [-0.2, -0.15) is 0 Å². The maximum absolute atomic E-state index is 12.0. The van der Waals surface area contributed by atoms with Gasteiger partial charge in [0.05, 0.1) is 18.2 Å². The zero-order valence-electron chi connectivity index (χ0n) is 12.6. The highest BCUT2D eigenvalue weighted by atomic mass is 16.5. The molecule has 5 heteroatoms. The number of carbonyl (C=O) groups excluding carboxylic acids is 1. The molecule has 1 aromatic carbocycles. The zero-order valence-corrected chi connectivity index (χ0v) is 12.6. The smallest absolute Gasteiger partial charge is 0.362 e. The number of hydrogen-bond acceptors (Lipinski definition) is 5. The third kappa shape index (κ3) is 3.48. The van der Waals surface area contributed by atoms with E-state index < -0.39 is 5.97 Å². The van der Waals surface area contributed by atoms with Gasteiger partial charge in [-0.1, -0.05) is 25.5 Å². The lowest BCUT2D eigenvalue weighted by Gasteiger charge is -2.17. The molecule has 0 saturated heterocycles. The summed E-state index contributed by atoms with van der Waals surface area (Å²) in [5, 5.41) is 8.83. The number of rotatable bonds is 6. The molecule has 112 valence electrons. The molecule has 0 aliphatic heterocycles. The van der Waals surface area contributed by atoms with Gasteiger partial charge in [0, 0.05) is 5.39 Å². The Hall–Kier alpha value is -2.17. The molecule has 0 saturated carbocycles. The average Bonchev–Trinajstić information content (AvgIpc) is 2.48. The largest absolute Gasteiger partial charge is 0.487 e. The quantitative estimate of drug-likeness (QED) is 0.763. The molecule has 0 bridgehead atoms. The van der Waals surface area contributed by atoms with Gasteiger partial charge in [-0.15, -0.1) is 10.2 Å². The van der Waals surface area contributed by atoms with Crippen LogP contribution in [-0.4, -0.2) is 28.9 Å². The summed E-state index contributed by atoms with van der Waals surface area (Å²) >= 11 is 0. The van der Waals surface area contributed by atoms with Crippen LogP contribution in [0.1, 0.15) is 44.1 Å². The Morgan fingerprint density at radius 2 is 2.00 bits per heavy atom. The van der Waals surface area contributed by atoms with Crippen LogP contribution in [0.15, 0.2) is 24.3 Å². The molecule has 1 heterocycles. The van der Waals surface area contributed by atoms with Gasteiger partial charge in [0.1, 0.15) is 0 Å². The minimum absolute atomic E-state index is 0.00390. The summed E-state index contributed by atoms with van der Waals surface area (Å²) in [7, 11) is 0. The lowest BCUT2D eigenvalue weighted by Crippen LogP contribution is -2.17. The first-order valence-electron chi connectivity index (χ1n) is 7.26. The summed E-state index contributed by atoms with van der Waals surface area (Å²) in [5.41, 5.74) is 0.836. The summed E-state index contributed by atoms with van der Waals surface area (Å²) in [6, 6.07) is 7.48. The third-order valence-electron chi connectivity index (χ3n) is 3.10. The van der Waals surface area contributed by atoms with Crippen LogP contribution in [0.3, 0.4) is 0 Å². The van der Waals surface area contributed by atoms with Crippen molar-refractivity contribution in [3.8, 4) is 5.75 Å². The highest BCUT2D eigenvalue weighted by Crippen LogP contribution is 2.28. The Morgan fingerprint density at radius 1 is 1.24 bits per heavy atom. The second-order valence-electron chi connectivity index (χ2n) is 4.83. The number of fused-ring (bicyclic) bond motifs is 1. The molecule has 0 spiro atoms. The standard InChI is InChI=1S/C16H20N2O3/c1-4-8-11(3)21-15-12-9-6-7-10-13(12)17-18-14(15)16(19)20-5-2/h6-7,9-11H,4-5,8H2,1-3H3. The van der Waals surface area contributed by atoms with Crippen LogP contribution < -0.4 is 4.74 Å². The Bertz CT molecular complexity index is 628. The molecule has 5 nitrogen and oxygen atoms in total. The molecular formula is C16H20N2O3. The summed E-state index contributed by atoms with van der Waals surface area (Å²) < 4.78 is 11.0. The van der Waals surface area contributed by atoms with Crippen molar-refractivity contribution in [2.24, 2.45) is 0 Å². The average molecular weight is 288 g/mol. The monoisotopic (exact) mass is 288 g/mol. The van der Waals surface area contributed by atoms with E-state index in [4.69, 9.17) is 9.47 Å². The van der Waals surface area contributed by atoms with E-state index in [9.17, 15) is 4.79 Å². The Labute approximate surface area is 124 Å². The fraction of sp³-hybridized carbons (Fsp3) is 0.438. The number of aromatic nitrogens is 2. The molecule has 0 aliphatic rings. The minimum atomic E-state index is -0.505. The van der Waals surface area contributed by atoms with Gasteiger partial charge in [0.2, 0.25) is 5.69 Å². The number of hydrogen-bond donors (Lipinski definition) is 0. The van der Waals surface area contributed by atoms with Crippen molar-refractivity contribution in [1.82, 2.24) is 10.2 Å². The summed E-state index contributed by atoms with van der Waals surface area (Å²) in [5.74, 6) is -0.0468. The first kappa shape index (κ1) is 15.2. The second kappa shape index (κ2) is 7.02. The van der Waals surface area contributed by atoms with Gasteiger partial charge in [0.15, 0.2) is 5.75 Å². The van der Waals surface area contributed by atoms with E-state index in [1.165, 1.54) is 0 Å².